The van der Waals surface area contributed by atoms with E-state index in [1.165, 1.54) is 6.33 Å². The van der Waals surface area contributed by atoms with E-state index in [4.69, 9.17) is 9.84 Å². The van der Waals surface area contributed by atoms with Crippen LogP contribution >= 0.6 is 0 Å². The molecule has 0 saturated carbocycles. The predicted octanol–water partition coefficient (Wildman–Crippen LogP) is 2.53. The molecule has 112 valence electrons. The summed E-state index contributed by atoms with van der Waals surface area (Å²) in [5.74, 6) is 0.392. The molecule has 6 heteroatoms. The number of carboxylic acid groups (broad SMARTS) is 1. The van der Waals surface area contributed by atoms with Crippen molar-refractivity contribution in [1.82, 2.24) is 14.5 Å². The van der Waals surface area contributed by atoms with Crippen molar-refractivity contribution in [3.63, 3.8) is 0 Å². The zero-order valence-electron chi connectivity index (χ0n) is 12.1. The van der Waals surface area contributed by atoms with Crippen molar-refractivity contribution in [3.8, 4) is 17.3 Å². The minimum atomic E-state index is -0.968. The molecule has 6 nitrogen and oxygen atoms in total. The Bertz CT molecular complexity index is 782. The van der Waals surface area contributed by atoms with Gasteiger partial charge in [-0.1, -0.05) is 6.07 Å². The average molecular weight is 297 g/mol. The average Bonchev–Trinajstić information content (AvgIpc) is 2.98. The summed E-state index contributed by atoms with van der Waals surface area (Å²) in [5.41, 5.74) is 1.93. The molecule has 0 aliphatic carbocycles. The zero-order valence-corrected chi connectivity index (χ0v) is 12.1. The van der Waals surface area contributed by atoms with Crippen molar-refractivity contribution < 1.29 is 14.6 Å². The van der Waals surface area contributed by atoms with E-state index in [1.54, 1.807) is 18.2 Å². The summed E-state index contributed by atoms with van der Waals surface area (Å²) in [6, 6.07) is 8.71. The number of ether oxygens (including phenoxy) is 1. The van der Waals surface area contributed by atoms with Crippen LogP contribution in [0.1, 0.15) is 22.8 Å². The van der Waals surface area contributed by atoms with Gasteiger partial charge in [0.15, 0.2) is 5.82 Å². The third-order valence-electron chi connectivity index (χ3n) is 3.35. The fraction of sp³-hybridized carbons (Fsp3) is 0.188. The Labute approximate surface area is 127 Å². The Morgan fingerprint density at radius 2 is 2.18 bits per heavy atom. The van der Waals surface area contributed by atoms with Gasteiger partial charge in [0.25, 0.3) is 0 Å². The molecule has 0 amide bonds. The van der Waals surface area contributed by atoms with E-state index in [0.717, 1.165) is 17.1 Å². The highest BCUT2D eigenvalue weighted by molar-refractivity contribution is 5.88. The van der Waals surface area contributed by atoms with Gasteiger partial charge in [-0.05, 0) is 31.2 Å². The first kappa shape index (κ1) is 14.1. The van der Waals surface area contributed by atoms with Crippen LogP contribution in [0.5, 0.6) is 5.75 Å². The van der Waals surface area contributed by atoms with Gasteiger partial charge in [0.05, 0.1) is 18.7 Å². The van der Waals surface area contributed by atoms with E-state index < -0.39 is 5.97 Å². The van der Waals surface area contributed by atoms with E-state index in [0.29, 0.717) is 18.9 Å². The molecule has 0 bridgehead atoms. The molecule has 0 spiro atoms. The Kier molecular flexibility index (Phi) is 3.74. The molecule has 1 aromatic carbocycles. The van der Waals surface area contributed by atoms with E-state index in [1.807, 2.05) is 29.8 Å². The van der Waals surface area contributed by atoms with Crippen LogP contribution in [0.25, 0.3) is 11.5 Å². The maximum absolute atomic E-state index is 11.1. The molecule has 2 aliphatic heterocycles. The van der Waals surface area contributed by atoms with E-state index in [-0.39, 0.29) is 5.56 Å². The predicted molar refractivity (Wildman–Crippen MR) is 80.3 cm³/mol. The molecule has 0 radical (unpaired) electrons. The summed E-state index contributed by atoms with van der Waals surface area (Å²) in [5, 5.41) is 9.09. The van der Waals surface area contributed by atoms with Gasteiger partial charge in [-0.15, -0.1) is 0 Å². The topological polar surface area (TPSA) is 77.2 Å². The molecule has 1 N–H and O–H groups in total. The van der Waals surface area contributed by atoms with Crippen LogP contribution < -0.4 is 4.74 Å². The van der Waals surface area contributed by atoms with E-state index in [9.17, 15) is 4.79 Å². The molecular weight excluding hydrogens is 282 g/mol. The zero-order chi connectivity index (χ0) is 15.5. The van der Waals surface area contributed by atoms with Crippen LogP contribution in [0, 0.1) is 0 Å². The minimum absolute atomic E-state index is 0.212. The molecule has 0 aromatic heterocycles. The third kappa shape index (κ3) is 2.63. The minimum Gasteiger partial charge on any atom is -0.494 e. The second kappa shape index (κ2) is 5.85. The molecule has 0 unspecified atom stereocenters. The Morgan fingerprint density at radius 1 is 1.32 bits per heavy atom. The molecule has 3 rings (SSSR count). The number of fused-ring (bicyclic) bond motifs is 1. The fourth-order valence-corrected chi connectivity index (χ4v) is 2.34. The monoisotopic (exact) mass is 297 g/mol. The van der Waals surface area contributed by atoms with Crippen LogP contribution in [0.2, 0.25) is 0 Å². The van der Waals surface area contributed by atoms with E-state index in [2.05, 4.69) is 9.97 Å². The number of carboxylic acids is 1. The fourth-order valence-electron chi connectivity index (χ4n) is 2.34. The number of aromatic carboxylic acids is 1. The molecule has 2 aliphatic rings. The highest BCUT2D eigenvalue weighted by Gasteiger charge is 2.13. The number of pyridine rings is 1. The van der Waals surface area contributed by atoms with E-state index >= 15 is 0 Å². The molecular formula is C16H15N3O3. The van der Waals surface area contributed by atoms with Gasteiger partial charge in [-0.25, -0.2) is 14.8 Å². The summed E-state index contributed by atoms with van der Waals surface area (Å²) >= 11 is 0. The first-order valence-electron chi connectivity index (χ1n) is 6.94. The lowest BCUT2D eigenvalue weighted by Gasteiger charge is -2.14. The van der Waals surface area contributed by atoms with Crippen LogP contribution in [-0.2, 0) is 6.54 Å². The molecule has 2 heterocycles. The van der Waals surface area contributed by atoms with Crippen LogP contribution in [0.3, 0.4) is 0 Å². The molecule has 0 atom stereocenters. The second-order valence-electron chi connectivity index (χ2n) is 4.78. The summed E-state index contributed by atoms with van der Waals surface area (Å²) < 4.78 is 7.54. The molecule has 22 heavy (non-hydrogen) atoms. The first-order chi connectivity index (χ1) is 10.7. The smallest absolute Gasteiger partial charge is 0.335 e. The second-order valence-corrected chi connectivity index (χ2v) is 4.78. The van der Waals surface area contributed by atoms with Crippen molar-refractivity contribution in [1.29, 1.82) is 0 Å². The highest BCUT2D eigenvalue weighted by atomic mass is 16.5. The van der Waals surface area contributed by atoms with Crippen molar-refractivity contribution in [2.24, 2.45) is 0 Å². The van der Waals surface area contributed by atoms with Gasteiger partial charge in [-0.3, -0.25) is 0 Å². The lowest BCUT2D eigenvalue weighted by Crippen LogP contribution is -2.08. The number of nitrogens with zero attached hydrogens (tertiary/aromatic N) is 3. The lowest BCUT2D eigenvalue weighted by atomic mass is 10.1. The van der Waals surface area contributed by atoms with Crippen LogP contribution in [0.4, 0.5) is 0 Å². The Balaban J connectivity index is 1.98. The van der Waals surface area contributed by atoms with Crippen LogP contribution in [-0.4, -0.2) is 32.2 Å². The van der Waals surface area contributed by atoms with Crippen molar-refractivity contribution in [2.75, 3.05) is 6.61 Å². The van der Waals surface area contributed by atoms with Gasteiger partial charge in [-0.2, -0.15) is 0 Å². The third-order valence-corrected chi connectivity index (χ3v) is 3.35. The van der Waals surface area contributed by atoms with Crippen molar-refractivity contribution >= 4 is 5.97 Å². The maximum atomic E-state index is 11.1. The number of hydrogen-bond donors (Lipinski definition) is 1. The van der Waals surface area contributed by atoms with Crippen molar-refractivity contribution in [3.05, 3.63) is 54.0 Å². The standard InChI is InChI=1S/C16H15N3O3/c1-2-22-14-8-11(16(20)21)5-6-12(14)9-19-7-3-4-13-15(19)18-10-17-13/h3-8,10H,2,9H2,1H3,(H,20,21). The molecule has 0 fully saturated rings. The molecule has 0 saturated heterocycles. The molecule has 1 aromatic rings. The largest absolute Gasteiger partial charge is 0.494 e. The SMILES string of the molecule is CCOc1cc(C(=O)O)ccc1Cn1cccc2ncnc1-2. The number of aromatic nitrogens is 3. The van der Waals surface area contributed by atoms with Gasteiger partial charge < -0.3 is 14.4 Å². The first-order valence-corrected chi connectivity index (χ1v) is 6.94. The van der Waals surface area contributed by atoms with Gasteiger partial charge >= 0.3 is 5.97 Å². The number of hydrogen-bond acceptors (Lipinski definition) is 4. The normalized spacial score (nSPS) is 10.8. The number of benzene rings is 1. The number of rotatable bonds is 5. The van der Waals surface area contributed by atoms with Gasteiger partial charge in [0.1, 0.15) is 17.8 Å². The summed E-state index contributed by atoms with van der Waals surface area (Å²) in [6.07, 6.45) is 3.44. The maximum Gasteiger partial charge on any atom is 0.335 e. The number of carbonyl (C=O) groups is 1. The summed E-state index contributed by atoms with van der Waals surface area (Å²) in [7, 11) is 0. The highest BCUT2D eigenvalue weighted by Crippen LogP contribution is 2.24. The Morgan fingerprint density at radius 3 is 2.95 bits per heavy atom. The van der Waals surface area contributed by atoms with Crippen LogP contribution in [0.15, 0.2) is 42.9 Å². The number of imidazole rings is 1. The summed E-state index contributed by atoms with van der Waals surface area (Å²) in [6.45, 7) is 2.88. The summed E-state index contributed by atoms with van der Waals surface area (Å²) in [4.78, 5) is 19.5. The van der Waals surface area contributed by atoms with Gasteiger partial charge in [0, 0.05) is 11.8 Å². The lowest BCUT2D eigenvalue weighted by molar-refractivity contribution is 0.0696. The van der Waals surface area contributed by atoms with Gasteiger partial charge in [0.2, 0.25) is 0 Å². The Hall–Kier alpha value is -2.89. The van der Waals surface area contributed by atoms with Crippen molar-refractivity contribution in [2.45, 2.75) is 13.5 Å². The quantitative estimate of drug-likeness (QED) is 0.783.